The highest BCUT2D eigenvalue weighted by atomic mass is 16.4. The Bertz CT molecular complexity index is 195. The van der Waals surface area contributed by atoms with Gasteiger partial charge in [-0.1, -0.05) is 6.42 Å². The number of hydrogen-bond acceptors (Lipinski definition) is 3. The van der Waals surface area contributed by atoms with Crippen molar-refractivity contribution in [2.75, 3.05) is 33.7 Å². The summed E-state index contributed by atoms with van der Waals surface area (Å²) < 4.78 is 0. The van der Waals surface area contributed by atoms with E-state index in [0.29, 0.717) is 6.04 Å². The first-order valence-electron chi connectivity index (χ1n) is 5.20. The van der Waals surface area contributed by atoms with Crippen LogP contribution in [0.15, 0.2) is 0 Å². The van der Waals surface area contributed by atoms with Crippen molar-refractivity contribution in [3.05, 3.63) is 0 Å². The van der Waals surface area contributed by atoms with E-state index >= 15 is 0 Å². The molecule has 14 heavy (non-hydrogen) atoms. The average molecular weight is 200 g/mol. The molecule has 4 heteroatoms. The molecule has 0 aromatic carbocycles. The molecular weight excluding hydrogens is 180 g/mol. The van der Waals surface area contributed by atoms with Gasteiger partial charge in [-0.15, -0.1) is 0 Å². The second-order valence-corrected chi connectivity index (χ2v) is 4.28. The minimum Gasteiger partial charge on any atom is -0.480 e. The van der Waals surface area contributed by atoms with E-state index in [1.165, 1.54) is 6.42 Å². The fraction of sp³-hybridized carbons (Fsp3) is 0.900. The van der Waals surface area contributed by atoms with E-state index in [1.54, 1.807) is 0 Å². The van der Waals surface area contributed by atoms with Gasteiger partial charge in [0.15, 0.2) is 0 Å². The van der Waals surface area contributed by atoms with Gasteiger partial charge in [0.05, 0.1) is 6.54 Å². The number of likely N-dealkylation sites (N-methyl/N-ethyl adjacent to an activating group) is 1. The molecule has 0 aromatic rings. The molecule has 1 heterocycles. The number of nitrogens with zero attached hydrogens (tertiary/aromatic N) is 2. The van der Waals surface area contributed by atoms with Crippen LogP contribution in [0.3, 0.4) is 0 Å². The zero-order valence-electron chi connectivity index (χ0n) is 9.07. The number of carboxylic acids is 1. The number of carbonyl (C=O) groups is 1. The first-order chi connectivity index (χ1) is 6.59. The Morgan fingerprint density at radius 2 is 2.21 bits per heavy atom. The molecule has 0 aliphatic carbocycles. The second-order valence-electron chi connectivity index (χ2n) is 4.28. The Balaban J connectivity index is 2.45. The molecule has 0 aromatic heterocycles. The Morgan fingerprint density at radius 1 is 1.50 bits per heavy atom. The fourth-order valence-corrected chi connectivity index (χ4v) is 2.07. The van der Waals surface area contributed by atoms with Crippen LogP contribution in [-0.2, 0) is 4.79 Å². The van der Waals surface area contributed by atoms with Crippen LogP contribution in [0.2, 0.25) is 0 Å². The maximum atomic E-state index is 10.6. The van der Waals surface area contributed by atoms with Crippen molar-refractivity contribution in [2.45, 2.75) is 25.3 Å². The van der Waals surface area contributed by atoms with E-state index < -0.39 is 5.97 Å². The Morgan fingerprint density at radius 3 is 2.79 bits per heavy atom. The van der Waals surface area contributed by atoms with Crippen molar-refractivity contribution >= 4 is 5.97 Å². The van der Waals surface area contributed by atoms with E-state index in [9.17, 15) is 4.79 Å². The van der Waals surface area contributed by atoms with E-state index in [1.807, 2.05) is 14.1 Å². The lowest BCUT2D eigenvalue weighted by atomic mass is 10.0. The largest absolute Gasteiger partial charge is 0.480 e. The summed E-state index contributed by atoms with van der Waals surface area (Å²) in [5.41, 5.74) is 0. The molecule has 4 nitrogen and oxygen atoms in total. The van der Waals surface area contributed by atoms with Crippen molar-refractivity contribution in [3.63, 3.8) is 0 Å². The van der Waals surface area contributed by atoms with Crippen LogP contribution >= 0.6 is 0 Å². The summed E-state index contributed by atoms with van der Waals surface area (Å²) in [6.45, 7) is 2.09. The molecule has 1 aliphatic heterocycles. The van der Waals surface area contributed by atoms with E-state index in [-0.39, 0.29) is 6.54 Å². The molecule has 0 amide bonds. The summed E-state index contributed by atoms with van der Waals surface area (Å²) in [6, 6.07) is 0.426. The minimum atomic E-state index is -0.712. The Kier molecular flexibility index (Phi) is 4.35. The predicted octanol–water partition coefficient (Wildman–Crippen LogP) is 0.487. The van der Waals surface area contributed by atoms with Crippen LogP contribution in [0.5, 0.6) is 0 Å². The van der Waals surface area contributed by atoms with Crippen LogP contribution < -0.4 is 0 Å². The zero-order chi connectivity index (χ0) is 10.6. The van der Waals surface area contributed by atoms with Crippen molar-refractivity contribution in [2.24, 2.45) is 0 Å². The fourth-order valence-electron chi connectivity index (χ4n) is 2.07. The number of likely N-dealkylation sites (tertiary alicyclic amines) is 1. The van der Waals surface area contributed by atoms with Gasteiger partial charge in [-0.3, -0.25) is 9.69 Å². The third-order valence-corrected chi connectivity index (χ3v) is 2.66. The first kappa shape index (κ1) is 11.5. The molecule has 1 atom stereocenters. The summed E-state index contributed by atoms with van der Waals surface area (Å²) in [7, 11) is 4.07. The van der Waals surface area contributed by atoms with E-state index in [2.05, 4.69) is 9.80 Å². The van der Waals surface area contributed by atoms with E-state index in [4.69, 9.17) is 5.11 Å². The molecule has 1 aliphatic rings. The van der Waals surface area contributed by atoms with E-state index in [0.717, 1.165) is 25.9 Å². The lowest BCUT2D eigenvalue weighted by molar-refractivity contribution is -0.139. The number of rotatable bonds is 4. The summed E-state index contributed by atoms with van der Waals surface area (Å²) in [6.07, 6.45) is 3.50. The molecule has 1 N–H and O–H groups in total. The van der Waals surface area contributed by atoms with Gasteiger partial charge in [0.25, 0.3) is 0 Å². The number of aliphatic carboxylic acids is 1. The van der Waals surface area contributed by atoms with Gasteiger partial charge in [0, 0.05) is 12.6 Å². The third-order valence-electron chi connectivity index (χ3n) is 2.66. The van der Waals surface area contributed by atoms with Gasteiger partial charge in [0.2, 0.25) is 0 Å². The van der Waals surface area contributed by atoms with Crippen LogP contribution in [0.25, 0.3) is 0 Å². The highest BCUT2D eigenvalue weighted by Gasteiger charge is 2.24. The Hall–Kier alpha value is -0.610. The zero-order valence-corrected chi connectivity index (χ0v) is 9.07. The topological polar surface area (TPSA) is 43.8 Å². The van der Waals surface area contributed by atoms with Gasteiger partial charge in [-0.2, -0.15) is 0 Å². The van der Waals surface area contributed by atoms with Crippen LogP contribution in [0.4, 0.5) is 0 Å². The molecule has 0 spiro atoms. The molecule has 0 bridgehead atoms. The van der Waals surface area contributed by atoms with Crippen molar-refractivity contribution in [1.29, 1.82) is 0 Å². The summed E-state index contributed by atoms with van der Waals surface area (Å²) >= 11 is 0. The van der Waals surface area contributed by atoms with Crippen LogP contribution in [0.1, 0.15) is 19.3 Å². The molecule has 0 unspecified atom stereocenters. The minimum absolute atomic E-state index is 0.193. The van der Waals surface area contributed by atoms with Gasteiger partial charge in [0.1, 0.15) is 0 Å². The number of carboxylic acid groups (broad SMARTS) is 1. The lowest BCUT2D eigenvalue weighted by Gasteiger charge is -2.36. The van der Waals surface area contributed by atoms with Gasteiger partial charge in [-0.25, -0.2) is 0 Å². The smallest absolute Gasteiger partial charge is 0.317 e. The second kappa shape index (κ2) is 5.32. The van der Waals surface area contributed by atoms with Gasteiger partial charge in [-0.05, 0) is 33.5 Å². The summed E-state index contributed by atoms with van der Waals surface area (Å²) in [4.78, 5) is 14.9. The SMILES string of the molecule is CN(C)C[C@@H]1CCCCN1CC(=O)O. The van der Waals surface area contributed by atoms with Gasteiger partial charge >= 0.3 is 5.97 Å². The molecule has 0 radical (unpaired) electrons. The molecule has 1 saturated heterocycles. The normalized spacial score (nSPS) is 24.1. The third kappa shape index (κ3) is 3.64. The molecule has 1 fully saturated rings. The highest BCUT2D eigenvalue weighted by molar-refractivity contribution is 5.69. The maximum Gasteiger partial charge on any atom is 0.317 e. The molecular formula is C10H20N2O2. The number of hydrogen-bond donors (Lipinski definition) is 1. The summed E-state index contributed by atoms with van der Waals surface area (Å²) in [5.74, 6) is -0.712. The molecule has 1 rings (SSSR count). The quantitative estimate of drug-likeness (QED) is 0.717. The maximum absolute atomic E-state index is 10.6. The van der Waals surface area contributed by atoms with Gasteiger partial charge < -0.3 is 10.0 Å². The highest BCUT2D eigenvalue weighted by Crippen LogP contribution is 2.16. The monoisotopic (exact) mass is 200 g/mol. The average Bonchev–Trinajstić information content (AvgIpc) is 2.06. The van der Waals surface area contributed by atoms with Crippen molar-refractivity contribution in [1.82, 2.24) is 9.80 Å². The summed E-state index contributed by atoms with van der Waals surface area (Å²) in [5, 5.41) is 8.76. The lowest BCUT2D eigenvalue weighted by Crippen LogP contribution is -2.47. The van der Waals surface area contributed by atoms with Crippen molar-refractivity contribution in [3.8, 4) is 0 Å². The standard InChI is InChI=1S/C10H20N2O2/c1-11(2)7-9-5-3-4-6-12(9)8-10(13)14/h9H,3-8H2,1-2H3,(H,13,14)/t9-/m0/s1. The van der Waals surface area contributed by atoms with Crippen molar-refractivity contribution < 1.29 is 9.90 Å². The first-order valence-corrected chi connectivity index (χ1v) is 5.20. The van der Waals surface area contributed by atoms with Crippen LogP contribution in [0, 0.1) is 0 Å². The number of piperidine rings is 1. The molecule has 82 valence electrons. The molecule has 0 saturated carbocycles. The van der Waals surface area contributed by atoms with Crippen LogP contribution in [-0.4, -0.2) is 60.6 Å². The predicted molar refractivity (Wildman–Crippen MR) is 55.4 cm³/mol. The Labute approximate surface area is 85.5 Å².